The molecule has 1 aromatic carbocycles. The Bertz CT molecular complexity index is 431. The van der Waals surface area contributed by atoms with E-state index in [1.165, 1.54) is 0 Å². The standard InChI is InChI=1S/C16H21NO2/c1-3-4-5-6-7-16(18)15(12-17)13-8-10-14(19-2)11-9-13/h8-11,15H,3-7H2,1-2H3. The molecule has 1 unspecified atom stereocenters. The molecule has 3 nitrogen and oxygen atoms in total. The van der Waals surface area contributed by atoms with E-state index in [0.29, 0.717) is 6.42 Å². The number of carbonyl (C=O) groups is 1. The van der Waals surface area contributed by atoms with Crippen molar-refractivity contribution >= 4 is 5.78 Å². The zero-order valence-corrected chi connectivity index (χ0v) is 11.7. The van der Waals surface area contributed by atoms with Crippen LogP contribution in [0.2, 0.25) is 0 Å². The van der Waals surface area contributed by atoms with Crippen LogP contribution in [0.5, 0.6) is 5.75 Å². The second-order valence-electron chi connectivity index (χ2n) is 4.61. The van der Waals surface area contributed by atoms with Crippen LogP contribution in [-0.2, 0) is 4.79 Å². The van der Waals surface area contributed by atoms with Crippen LogP contribution in [0, 0.1) is 11.3 Å². The summed E-state index contributed by atoms with van der Waals surface area (Å²) >= 11 is 0. The number of methoxy groups -OCH3 is 1. The van der Waals surface area contributed by atoms with Gasteiger partial charge in [0.15, 0.2) is 5.78 Å². The lowest BCUT2D eigenvalue weighted by Crippen LogP contribution is -2.10. The number of carbonyl (C=O) groups excluding carboxylic acids is 1. The largest absolute Gasteiger partial charge is 0.497 e. The fourth-order valence-corrected chi connectivity index (χ4v) is 2.00. The van der Waals surface area contributed by atoms with Crippen molar-refractivity contribution < 1.29 is 9.53 Å². The second-order valence-corrected chi connectivity index (χ2v) is 4.61. The smallest absolute Gasteiger partial charge is 0.154 e. The number of rotatable bonds is 8. The molecule has 0 aliphatic rings. The van der Waals surface area contributed by atoms with E-state index >= 15 is 0 Å². The van der Waals surface area contributed by atoms with Crippen molar-refractivity contribution in [3.05, 3.63) is 29.8 Å². The Labute approximate surface area is 115 Å². The summed E-state index contributed by atoms with van der Waals surface area (Å²) in [5.74, 6) is 0.104. The lowest BCUT2D eigenvalue weighted by atomic mass is 9.93. The Balaban J connectivity index is 2.61. The van der Waals surface area contributed by atoms with E-state index in [9.17, 15) is 10.1 Å². The summed E-state index contributed by atoms with van der Waals surface area (Å²) in [7, 11) is 1.59. The molecule has 0 aliphatic carbocycles. The Hall–Kier alpha value is -1.82. The van der Waals surface area contributed by atoms with E-state index in [1.807, 2.05) is 0 Å². The van der Waals surface area contributed by atoms with E-state index in [4.69, 9.17) is 4.74 Å². The summed E-state index contributed by atoms with van der Waals surface area (Å²) in [6, 6.07) is 9.25. The van der Waals surface area contributed by atoms with Crippen LogP contribution < -0.4 is 4.74 Å². The highest BCUT2D eigenvalue weighted by Gasteiger charge is 2.19. The maximum absolute atomic E-state index is 12.0. The molecule has 0 aliphatic heterocycles. The van der Waals surface area contributed by atoms with Crippen LogP contribution >= 0.6 is 0 Å². The SMILES string of the molecule is CCCCCCC(=O)C(C#N)c1ccc(OC)cc1. The molecule has 0 spiro atoms. The van der Waals surface area contributed by atoms with E-state index in [0.717, 1.165) is 37.0 Å². The average Bonchev–Trinajstić information content (AvgIpc) is 2.45. The highest BCUT2D eigenvalue weighted by atomic mass is 16.5. The molecule has 0 saturated carbocycles. The number of benzene rings is 1. The van der Waals surface area contributed by atoms with Gasteiger partial charge in [0, 0.05) is 6.42 Å². The quantitative estimate of drug-likeness (QED) is 0.666. The first-order valence-corrected chi connectivity index (χ1v) is 6.79. The molecule has 0 amide bonds. The van der Waals surface area contributed by atoms with Crippen molar-refractivity contribution in [2.24, 2.45) is 0 Å². The van der Waals surface area contributed by atoms with Gasteiger partial charge in [-0.3, -0.25) is 4.79 Å². The first-order chi connectivity index (χ1) is 9.22. The minimum atomic E-state index is -0.646. The van der Waals surface area contributed by atoms with E-state index in [1.54, 1.807) is 31.4 Å². The molecule has 0 N–H and O–H groups in total. The van der Waals surface area contributed by atoms with Crippen LogP contribution in [0.3, 0.4) is 0 Å². The molecule has 0 heterocycles. The van der Waals surface area contributed by atoms with Crippen LogP contribution in [-0.4, -0.2) is 12.9 Å². The van der Waals surface area contributed by atoms with Gasteiger partial charge in [0.25, 0.3) is 0 Å². The lowest BCUT2D eigenvalue weighted by molar-refractivity contribution is -0.119. The minimum absolute atomic E-state index is 0.0174. The molecule has 1 atom stereocenters. The summed E-state index contributed by atoms with van der Waals surface area (Å²) in [4.78, 5) is 12.0. The summed E-state index contributed by atoms with van der Waals surface area (Å²) in [6.45, 7) is 2.14. The summed E-state index contributed by atoms with van der Waals surface area (Å²) in [5.41, 5.74) is 0.754. The predicted molar refractivity (Wildman–Crippen MR) is 75.1 cm³/mol. The van der Waals surface area contributed by atoms with Crippen molar-refractivity contribution in [1.29, 1.82) is 5.26 Å². The number of ether oxygens (including phenoxy) is 1. The molecule has 0 radical (unpaired) electrons. The molecule has 102 valence electrons. The number of ketones is 1. The molecule has 3 heteroatoms. The third kappa shape index (κ3) is 4.75. The zero-order chi connectivity index (χ0) is 14.1. The molecule has 0 aromatic heterocycles. The van der Waals surface area contributed by atoms with Crippen LogP contribution in [0.1, 0.15) is 50.5 Å². The fourth-order valence-electron chi connectivity index (χ4n) is 2.00. The maximum Gasteiger partial charge on any atom is 0.154 e. The van der Waals surface area contributed by atoms with Gasteiger partial charge in [-0.2, -0.15) is 5.26 Å². The van der Waals surface area contributed by atoms with Crippen LogP contribution in [0.25, 0.3) is 0 Å². The van der Waals surface area contributed by atoms with Gasteiger partial charge >= 0.3 is 0 Å². The number of nitrogens with zero attached hydrogens (tertiary/aromatic N) is 1. The molecular weight excluding hydrogens is 238 g/mol. The molecule has 0 saturated heterocycles. The minimum Gasteiger partial charge on any atom is -0.497 e. The normalized spacial score (nSPS) is 11.6. The predicted octanol–water partition coefficient (Wildman–Crippen LogP) is 3.84. The van der Waals surface area contributed by atoms with Crippen molar-refractivity contribution in [3.8, 4) is 11.8 Å². The zero-order valence-electron chi connectivity index (χ0n) is 11.7. The molecule has 0 bridgehead atoms. The summed E-state index contributed by atoms with van der Waals surface area (Å²) in [5, 5.41) is 9.18. The first-order valence-electron chi connectivity index (χ1n) is 6.79. The molecule has 19 heavy (non-hydrogen) atoms. The third-order valence-corrected chi connectivity index (χ3v) is 3.18. The number of hydrogen-bond donors (Lipinski definition) is 0. The number of Topliss-reactive ketones (excluding diaryl/α,β-unsaturated/α-hetero) is 1. The summed E-state index contributed by atoms with van der Waals surface area (Å²) < 4.78 is 5.07. The van der Waals surface area contributed by atoms with Crippen molar-refractivity contribution in [1.82, 2.24) is 0 Å². The Morgan fingerprint density at radius 2 is 1.95 bits per heavy atom. The van der Waals surface area contributed by atoms with Gasteiger partial charge < -0.3 is 4.74 Å². The Morgan fingerprint density at radius 1 is 1.26 bits per heavy atom. The van der Waals surface area contributed by atoms with Gasteiger partial charge in [-0.25, -0.2) is 0 Å². The topological polar surface area (TPSA) is 50.1 Å². The molecule has 0 fully saturated rings. The van der Waals surface area contributed by atoms with Crippen molar-refractivity contribution in [2.45, 2.75) is 44.9 Å². The Morgan fingerprint density at radius 3 is 2.47 bits per heavy atom. The van der Waals surface area contributed by atoms with Crippen molar-refractivity contribution in [3.63, 3.8) is 0 Å². The van der Waals surface area contributed by atoms with Gasteiger partial charge in [-0.15, -0.1) is 0 Å². The van der Waals surface area contributed by atoms with E-state index < -0.39 is 5.92 Å². The first kappa shape index (κ1) is 15.2. The molecular formula is C16H21NO2. The van der Waals surface area contributed by atoms with Gasteiger partial charge in [-0.05, 0) is 24.1 Å². The highest BCUT2D eigenvalue weighted by Crippen LogP contribution is 2.22. The van der Waals surface area contributed by atoms with Gasteiger partial charge in [0.05, 0.1) is 13.2 Å². The second kappa shape index (κ2) is 8.31. The van der Waals surface area contributed by atoms with Gasteiger partial charge in [-0.1, -0.05) is 38.3 Å². The van der Waals surface area contributed by atoms with E-state index in [-0.39, 0.29) is 5.78 Å². The lowest BCUT2D eigenvalue weighted by Gasteiger charge is -2.09. The highest BCUT2D eigenvalue weighted by molar-refractivity contribution is 5.88. The number of nitriles is 1. The molecule has 1 rings (SSSR count). The Kier molecular flexibility index (Phi) is 6.67. The molecule has 1 aromatic rings. The van der Waals surface area contributed by atoms with Crippen LogP contribution in [0.15, 0.2) is 24.3 Å². The fraction of sp³-hybridized carbons (Fsp3) is 0.500. The van der Waals surface area contributed by atoms with Crippen molar-refractivity contribution in [2.75, 3.05) is 7.11 Å². The van der Waals surface area contributed by atoms with E-state index in [2.05, 4.69) is 13.0 Å². The average molecular weight is 259 g/mol. The number of hydrogen-bond acceptors (Lipinski definition) is 3. The monoisotopic (exact) mass is 259 g/mol. The number of unbranched alkanes of at least 4 members (excludes halogenated alkanes) is 3. The maximum atomic E-state index is 12.0. The van der Waals surface area contributed by atoms with Crippen LogP contribution in [0.4, 0.5) is 0 Å². The van der Waals surface area contributed by atoms with Gasteiger partial charge in [0.2, 0.25) is 0 Å². The third-order valence-electron chi connectivity index (χ3n) is 3.18. The summed E-state index contributed by atoms with van der Waals surface area (Å²) in [6.07, 6.45) is 4.72. The van der Waals surface area contributed by atoms with Gasteiger partial charge in [0.1, 0.15) is 11.7 Å².